The van der Waals surface area contributed by atoms with E-state index in [0.29, 0.717) is 11.8 Å². The van der Waals surface area contributed by atoms with Crippen molar-refractivity contribution < 1.29 is 39.3 Å². The fourth-order valence-electron chi connectivity index (χ4n) is 1.42. The van der Waals surface area contributed by atoms with Crippen LogP contribution in [-0.2, 0) is 24.1 Å². The largest absolute Gasteiger partial charge is 0.480 e. The lowest BCUT2D eigenvalue weighted by Gasteiger charge is -2.13. The highest BCUT2D eigenvalue weighted by Crippen LogP contribution is 2.10. The Kier molecular flexibility index (Phi) is 11.4. The SMILES string of the molecule is O=C(CCCO[N+](=O)[O-])NC(CSC(=O)CCCO[N+](=O)[O-])C(=O)O. The third-order valence-corrected chi connectivity index (χ3v) is 3.54. The van der Waals surface area contributed by atoms with Crippen molar-refractivity contribution in [2.24, 2.45) is 0 Å². The second kappa shape index (κ2) is 12.7. The molecule has 1 unspecified atom stereocenters. The number of carboxylic acids is 1. The van der Waals surface area contributed by atoms with Crippen LogP contribution in [0.4, 0.5) is 0 Å². The quantitative estimate of drug-likeness (QED) is 0.229. The highest BCUT2D eigenvalue weighted by Gasteiger charge is 2.21. The molecule has 1 amide bonds. The predicted octanol–water partition coefficient (Wildman–Crippen LogP) is -0.207. The molecule has 0 aromatic rings. The van der Waals surface area contributed by atoms with E-state index in [1.54, 1.807) is 0 Å². The Balaban J connectivity index is 4.06. The van der Waals surface area contributed by atoms with Gasteiger partial charge in [-0.1, -0.05) is 11.8 Å². The Morgan fingerprint density at radius 1 is 1.04 bits per heavy atom. The van der Waals surface area contributed by atoms with Crippen molar-refractivity contribution in [3.05, 3.63) is 20.2 Å². The van der Waals surface area contributed by atoms with E-state index in [-0.39, 0.29) is 44.6 Å². The van der Waals surface area contributed by atoms with E-state index in [1.807, 2.05) is 0 Å². The zero-order chi connectivity index (χ0) is 19.2. The predicted molar refractivity (Wildman–Crippen MR) is 81.4 cm³/mol. The molecule has 0 aromatic heterocycles. The summed E-state index contributed by atoms with van der Waals surface area (Å²) in [5, 5.41) is 28.6. The summed E-state index contributed by atoms with van der Waals surface area (Å²) in [4.78, 5) is 62.0. The molecule has 0 aliphatic heterocycles. The van der Waals surface area contributed by atoms with E-state index < -0.39 is 33.2 Å². The van der Waals surface area contributed by atoms with Crippen molar-refractivity contribution >= 4 is 28.8 Å². The van der Waals surface area contributed by atoms with Gasteiger partial charge in [-0.2, -0.15) is 0 Å². The van der Waals surface area contributed by atoms with Gasteiger partial charge in [-0.05, 0) is 12.8 Å². The van der Waals surface area contributed by atoms with Crippen LogP contribution in [0.5, 0.6) is 0 Å². The molecular formula is C11H17N3O10S. The molecule has 25 heavy (non-hydrogen) atoms. The molecule has 1 atom stereocenters. The van der Waals surface area contributed by atoms with Gasteiger partial charge in [-0.25, -0.2) is 4.79 Å². The van der Waals surface area contributed by atoms with Gasteiger partial charge >= 0.3 is 5.97 Å². The van der Waals surface area contributed by atoms with Crippen LogP contribution in [0.2, 0.25) is 0 Å². The molecule has 0 radical (unpaired) electrons. The van der Waals surface area contributed by atoms with Gasteiger partial charge in [0, 0.05) is 18.6 Å². The van der Waals surface area contributed by atoms with Gasteiger partial charge in [0.05, 0.1) is 13.2 Å². The number of carbonyl (C=O) groups is 3. The van der Waals surface area contributed by atoms with Crippen molar-refractivity contribution in [3.63, 3.8) is 0 Å². The maximum absolute atomic E-state index is 11.5. The fraction of sp³-hybridized carbons (Fsp3) is 0.727. The summed E-state index contributed by atoms with van der Waals surface area (Å²) in [5.41, 5.74) is 0. The van der Waals surface area contributed by atoms with Crippen molar-refractivity contribution in [1.82, 2.24) is 5.32 Å². The number of nitrogens with zero attached hydrogens (tertiary/aromatic N) is 2. The summed E-state index contributed by atoms with van der Waals surface area (Å²) in [6.07, 6.45) is -0.0828. The maximum atomic E-state index is 11.5. The molecule has 2 N–H and O–H groups in total. The van der Waals surface area contributed by atoms with E-state index in [9.17, 15) is 34.6 Å². The minimum atomic E-state index is -1.34. The van der Waals surface area contributed by atoms with Crippen LogP contribution in [-0.4, -0.2) is 57.3 Å². The smallest absolute Gasteiger partial charge is 0.327 e. The second-order valence-corrected chi connectivity index (χ2v) is 5.54. The molecule has 142 valence electrons. The number of amides is 1. The van der Waals surface area contributed by atoms with E-state index in [0.717, 1.165) is 0 Å². The molecule has 0 heterocycles. The third kappa shape index (κ3) is 13.5. The van der Waals surface area contributed by atoms with E-state index in [4.69, 9.17) is 5.11 Å². The third-order valence-electron chi connectivity index (χ3n) is 2.51. The topological polar surface area (TPSA) is 188 Å². The average molecular weight is 383 g/mol. The molecule has 0 aliphatic rings. The molecule has 0 aromatic carbocycles. The van der Waals surface area contributed by atoms with Crippen molar-refractivity contribution in [1.29, 1.82) is 0 Å². The highest BCUT2D eigenvalue weighted by atomic mass is 32.2. The number of carbonyl (C=O) groups excluding carboxylic acids is 2. The maximum Gasteiger partial charge on any atom is 0.327 e. The number of nitrogens with one attached hydrogen (secondary N) is 1. The van der Waals surface area contributed by atoms with Crippen LogP contribution < -0.4 is 5.32 Å². The van der Waals surface area contributed by atoms with Gasteiger partial charge < -0.3 is 20.1 Å². The van der Waals surface area contributed by atoms with E-state index in [2.05, 4.69) is 15.0 Å². The minimum Gasteiger partial charge on any atom is -0.480 e. The average Bonchev–Trinajstić information content (AvgIpc) is 2.51. The number of hydrogen-bond donors (Lipinski definition) is 2. The highest BCUT2D eigenvalue weighted by molar-refractivity contribution is 8.13. The molecule has 0 saturated carbocycles. The first kappa shape index (κ1) is 22.4. The lowest BCUT2D eigenvalue weighted by Crippen LogP contribution is -2.42. The molecule has 0 spiro atoms. The van der Waals surface area contributed by atoms with Crippen LogP contribution >= 0.6 is 11.8 Å². The summed E-state index contributed by atoms with van der Waals surface area (Å²) in [5.74, 6) is -2.21. The van der Waals surface area contributed by atoms with Crippen LogP contribution in [0.3, 0.4) is 0 Å². The normalized spacial score (nSPS) is 11.2. The number of rotatable bonds is 14. The van der Waals surface area contributed by atoms with Crippen molar-refractivity contribution in [2.75, 3.05) is 19.0 Å². The lowest BCUT2D eigenvalue weighted by molar-refractivity contribution is -0.757. The molecule has 0 fully saturated rings. The number of hydrogen-bond acceptors (Lipinski definition) is 10. The molecular weight excluding hydrogens is 366 g/mol. The Morgan fingerprint density at radius 2 is 1.56 bits per heavy atom. The number of carboxylic acid groups (broad SMARTS) is 1. The molecule has 0 rings (SSSR count). The first-order valence-electron chi connectivity index (χ1n) is 6.94. The lowest BCUT2D eigenvalue weighted by atomic mass is 10.2. The Labute approximate surface area is 145 Å². The van der Waals surface area contributed by atoms with Gasteiger partial charge in [-0.15, -0.1) is 20.2 Å². The minimum absolute atomic E-state index is 0.0294. The molecule has 13 nitrogen and oxygen atoms in total. The van der Waals surface area contributed by atoms with Gasteiger partial charge in [0.25, 0.3) is 10.2 Å². The van der Waals surface area contributed by atoms with E-state index in [1.165, 1.54) is 0 Å². The Bertz CT molecular complexity index is 500. The van der Waals surface area contributed by atoms with Gasteiger partial charge in [0.15, 0.2) is 5.12 Å². The zero-order valence-corrected chi connectivity index (χ0v) is 13.8. The fourth-order valence-corrected chi connectivity index (χ4v) is 2.28. The Hall–Kier alpha value is -2.64. The standard InChI is InChI=1S/C11H17N3O10S/c15-9(3-1-5-23-13(19)20)12-8(11(17)18)7-25-10(16)4-2-6-24-14(21)22/h8H,1-7H2,(H,12,15)(H,17,18). The second-order valence-electron chi connectivity index (χ2n) is 4.46. The van der Waals surface area contributed by atoms with Crippen LogP contribution in [0.15, 0.2) is 0 Å². The van der Waals surface area contributed by atoms with Crippen LogP contribution in [0, 0.1) is 20.2 Å². The van der Waals surface area contributed by atoms with Gasteiger partial charge in [0.2, 0.25) is 5.91 Å². The summed E-state index contributed by atoms with van der Waals surface area (Å²) >= 11 is 0.672. The van der Waals surface area contributed by atoms with Crippen LogP contribution in [0.25, 0.3) is 0 Å². The molecule has 0 aliphatic carbocycles. The molecule has 14 heteroatoms. The van der Waals surface area contributed by atoms with Crippen molar-refractivity contribution in [3.8, 4) is 0 Å². The van der Waals surface area contributed by atoms with Gasteiger partial charge in [0.1, 0.15) is 6.04 Å². The first-order valence-corrected chi connectivity index (χ1v) is 7.93. The molecule has 0 bridgehead atoms. The summed E-state index contributed by atoms with van der Waals surface area (Å²) < 4.78 is 0. The van der Waals surface area contributed by atoms with Crippen LogP contribution in [0.1, 0.15) is 25.7 Å². The first-order chi connectivity index (χ1) is 11.7. The van der Waals surface area contributed by atoms with Gasteiger partial charge in [-0.3, -0.25) is 9.59 Å². The Morgan fingerprint density at radius 3 is 2.04 bits per heavy atom. The number of aliphatic carboxylic acids is 1. The summed E-state index contributed by atoms with van der Waals surface area (Å²) in [6.45, 7) is -0.539. The number of thioether (sulfide) groups is 1. The van der Waals surface area contributed by atoms with E-state index >= 15 is 0 Å². The molecule has 0 saturated heterocycles. The zero-order valence-electron chi connectivity index (χ0n) is 13.0. The summed E-state index contributed by atoms with van der Waals surface area (Å²) in [6, 6.07) is -1.31. The monoisotopic (exact) mass is 383 g/mol. The van der Waals surface area contributed by atoms with Crippen molar-refractivity contribution in [2.45, 2.75) is 31.7 Å². The summed E-state index contributed by atoms with van der Waals surface area (Å²) in [7, 11) is 0.